The van der Waals surface area contributed by atoms with Gasteiger partial charge in [-0.15, -0.1) is 0 Å². The molecule has 0 saturated carbocycles. The predicted molar refractivity (Wildman–Crippen MR) is 52.7 cm³/mol. The van der Waals surface area contributed by atoms with E-state index < -0.39 is 21.7 Å². The van der Waals surface area contributed by atoms with Crippen LogP contribution in [0, 0.1) is 11.3 Å². The predicted octanol–water partition coefficient (Wildman–Crippen LogP) is -0.804. The number of ether oxygens (including phenoxy) is 1. The monoisotopic (exact) mass is 244 g/mol. The summed E-state index contributed by atoms with van der Waals surface area (Å²) in [5.74, 6) is -1.80. The van der Waals surface area contributed by atoms with Crippen molar-refractivity contribution in [2.24, 2.45) is 0 Å². The van der Waals surface area contributed by atoms with Crippen molar-refractivity contribution in [2.45, 2.75) is 0 Å². The van der Waals surface area contributed by atoms with Crippen molar-refractivity contribution in [3.05, 3.63) is 11.8 Å². The van der Waals surface area contributed by atoms with E-state index in [2.05, 4.69) is 14.9 Å². The number of rotatable bonds is 4. The van der Waals surface area contributed by atoms with Crippen LogP contribution in [0.5, 0.6) is 0 Å². The summed E-state index contributed by atoms with van der Waals surface area (Å²) < 4.78 is 29.0. The molecule has 0 bridgehead atoms. The van der Waals surface area contributed by atoms with E-state index in [0.29, 0.717) is 0 Å². The highest BCUT2D eigenvalue weighted by atomic mass is 32.2. The molecule has 0 radical (unpaired) electrons. The Morgan fingerprint density at radius 1 is 1.75 bits per heavy atom. The van der Waals surface area contributed by atoms with Crippen LogP contribution in [0.1, 0.15) is 5.56 Å². The van der Waals surface area contributed by atoms with E-state index in [1.165, 1.54) is 0 Å². The topological polar surface area (TPSA) is 125 Å². The van der Waals surface area contributed by atoms with Crippen molar-refractivity contribution in [1.29, 1.82) is 5.26 Å². The first-order chi connectivity index (χ1) is 7.48. The second-order valence-electron chi connectivity index (χ2n) is 2.71. The number of methoxy groups -OCH3 is 1. The Labute approximate surface area is 91.3 Å². The molecule has 0 spiro atoms. The fourth-order valence-corrected chi connectivity index (χ4v) is 1.82. The third-order valence-electron chi connectivity index (χ3n) is 1.55. The van der Waals surface area contributed by atoms with E-state index in [9.17, 15) is 13.2 Å². The van der Waals surface area contributed by atoms with Gasteiger partial charge in [-0.1, -0.05) is 0 Å². The molecule has 2 N–H and O–H groups in total. The minimum atomic E-state index is -3.90. The van der Waals surface area contributed by atoms with Gasteiger partial charge in [-0.3, -0.25) is 14.6 Å². The Kier molecular flexibility index (Phi) is 3.47. The number of nitrogens with zero attached hydrogens (tertiary/aromatic N) is 2. The SMILES string of the molecule is COC(=O)CS(=O)(=O)Nc1[nH]ncc1C#N. The Morgan fingerprint density at radius 2 is 2.44 bits per heavy atom. The van der Waals surface area contributed by atoms with E-state index in [1.54, 1.807) is 6.07 Å². The van der Waals surface area contributed by atoms with E-state index in [4.69, 9.17) is 5.26 Å². The normalized spacial score (nSPS) is 10.5. The van der Waals surface area contributed by atoms with Crippen molar-refractivity contribution in [2.75, 3.05) is 17.6 Å². The first kappa shape index (κ1) is 12.0. The number of hydrogen-bond donors (Lipinski definition) is 2. The molecular weight excluding hydrogens is 236 g/mol. The molecule has 1 aromatic heterocycles. The Hall–Kier alpha value is -2.08. The Balaban J connectivity index is 2.82. The number of H-pyrrole nitrogens is 1. The zero-order chi connectivity index (χ0) is 12.2. The standard InChI is InChI=1S/C7H8N4O4S/c1-15-6(12)4-16(13,14)11-7-5(2-8)3-9-10-7/h3H,4H2,1H3,(H2,9,10,11). The zero-order valence-electron chi connectivity index (χ0n) is 8.22. The fraction of sp³-hybridized carbons (Fsp3) is 0.286. The third-order valence-corrected chi connectivity index (χ3v) is 2.68. The van der Waals surface area contributed by atoms with Crippen LogP contribution in [0.2, 0.25) is 0 Å². The van der Waals surface area contributed by atoms with Crippen LogP contribution in [0.3, 0.4) is 0 Å². The van der Waals surface area contributed by atoms with Crippen LogP contribution in [0.15, 0.2) is 6.20 Å². The molecule has 16 heavy (non-hydrogen) atoms. The molecule has 1 aromatic rings. The molecule has 0 atom stereocenters. The van der Waals surface area contributed by atoms with Crippen LogP contribution in [-0.4, -0.2) is 37.4 Å². The second kappa shape index (κ2) is 4.63. The largest absolute Gasteiger partial charge is 0.468 e. The zero-order valence-corrected chi connectivity index (χ0v) is 9.04. The summed E-state index contributed by atoms with van der Waals surface area (Å²) in [4.78, 5) is 10.8. The van der Waals surface area contributed by atoms with Crippen LogP contribution in [-0.2, 0) is 19.6 Å². The highest BCUT2D eigenvalue weighted by molar-refractivity contribution is 7.93. The quantitative estimate of drug-likeness (QED) is 0.667. The number of hydrogen-bond acceptors (Lipinski definition) is 6. The number of esters is 1. The van der Waals surface area contributed by atoms with Gasteiger partial charge in [-0.05, 0) is 0 Å². The maximum Gasteiger partial charge on any atom is 0.322 e. The Bertz CT molecular complexity index is 527. The molecule has 0 fully saturated rings. The van der Waals surface area contributed by atoms with Gasteiger partial charge in [0.2, 0.25) is 10.0 Å². The molecule has 0 aliphatic carbocycles. The summed E-state index contributed by atoms with van der Waals surface area (Å²) in [6.45, 7) is 0. The van der Waals surface area contributed by atoms with Gasteiger partial charge in [0.15, 0.2) is 11.6 Å². The van der Waals surface area contributed by atoms with Crippen LogP contribution in [0.4, 0.5) is 5.82 Å². The van der Waals surface area contributed by atoms with Crippen LogP contribution >= 0.6 is 0 Å². The summed E-state index contributed by atoms with van der Waals surface area (Å²) in [7, 11) is -2.82. The first-order valence-corrected chi connectivity index (χ1v) is 5.64. The highest BCUT2D eigenvalue weighted by Gasteiger charge is 2.19. The molecule has 9 heteroatoms. The van der Waals surface area contributed by atoms with Gasteiger partial charge in [0, 0.05) is 0 Å². The van der Waals surface area contributed by atoms with Crippen LogP contribution < -0.4 is 4.72 Å². The molecule has 8 nitrogen and oxygen atoms in total. The van der Waals surface area contributed by atoms with E-state index in [0.717, 1.165) is 13.3 Å². The Morgan fingerprint density at radius 3 is 3.00 bits per heavy atom. The molecule has 1 rings (SSSR count). The lowest BCUT2D eigenvalue weighted by molar-refractivity contribution is -0.137. The molecule has 0 aliphatic heterocycles. The molecule has 1 heterocycles. The minimum absolute atomic E-state index is 0.0356. The summed E-state index contributed by atoms with van der Waals surface area (Å²) >= 11 is 0. The van der Waals surface area contributed by atoms with Crippen LogP contribution in [0.25, 0.3) is 0 Å². The number of anilines is 1. The number of nitrogens with one attached hydrogen (secondary N) is 2. The number of aromatic amines is 1. The van der Waals surface area contributed by atoms with Crippen molar-refractivity contribution in [1.82, 2.24) is 10.2 Å². The maximum atomic E-state index is 11.4. The number of aromatic nitrogens is 2. The number of carbonyl (C=O) groups excluding carboxylic acids is 1. The summed E-state index contributed by atoms with van der Waals surface area (Å²) in [6.07, 6.45) is 1.16. The number of carbonyl (C=O) groups is 1. The first-order valence-electron chi connectivity index (χ1n) is 3.99. The average molecular weight is 244 g/mol. The molecule has 0 aromatic carbocycles. The molecule has 0 amide bonds. The molecule has 0 saturated heterocycles. The van der Waals surface area contributed by atoms with Gasteiger partial charge in [0.1, 0.15) is 11.6 Å². The molecule has 0 unspecified atom stereocenters. The summed E-state index contributed by atoms with van der Waals surface area (Å²) in [6, 6.07) is 1.73. The van der Waals surface area contributed by atoms with Gasteiger partial charge in [-0.2, -0.15) is 10.4 Å². The van der Waals surface area contributed by atoms with Gasteiger partial charge in [0.25, 0.3) is 0 Å². The second-order valence-corrected chi connectivity index (χ2v) is 4.43. The summed E-state index contributed by atoms with van der Waals surface area (Å²) in [5.41, 5.74) is 0.0356. The van der Waals surface area contributed by atoms with Gasteiger partial charge in [-0.25, -0.2) is 8.42 Å². The van der Waals surface area contributed by atoms with Crippen molar-refractivity contribution < 1.29 is 17.9 Å². The lowest BCUT2D eigenvalue weighted by Gasteiger charge is -2.04. The molecule has 86 valence electrons. The minimum Gasteiger partial charge on any atom is -0.468 e. The lowest BCUT2D eigenvalue weighted by atomic mass is 10.4. The van der Waals surface area contributed by atoms with Crippen molar-refractivity contribution in [3.63, 3.8) is 0 Å². The number of sulfonamides is 1. The van der Waals surface area contributed by atoms with E-state index >= 15 is 0 Å². The van der Waals surface area contributed by atoms with E-state index in [1.807, 2.05) is 4.72 Å². The fourth-order valence-electron chi connectivity index (χ4n) is 0.854. The molecule has 0 aliphatic rings. The maximum absolute atomic E-state index is 11.4. The summed E-state index contributed by atoms with van der Waals surface area (Å²) in [5, 5.41) is 14.4. The lowest BCUT2D eigenvalue weighted by Crippen LogP contribution is -2.24. The van der Waals surface area contributed by atoms with Crippen molar-refractivity contribution in [3.8, 4) is 6.07 Å². The third kappa shape index (κ3) is 2.96. The van der Waals surface area contributed by atoms with Crippen molar-refractivity contribution >= 4 is 21.8 Å². The number of nitriles is 1. The van der Waals surface area contributed by atoms with Gasteiger partial charge >= 0.3 is 5.97 Å². The smallest absolute Gasteiger partial charge is 0.322 e. The van der Waals surface area contributed by atoms with Gasteiger partial charge in [0.05, 0.1) is 13.3 Å². The van der Waals surface area contributed by atoms with E-state index in [-0.39, 0.29) is 11.4 Å². The molecular formula is C7H8N4O4S. The highest BCUT2D eigenvalue weighted by Crippen LogP contribution is 2.10. The van der Waals surface area contributed by atoms with Gasteiger partial charge < -0.3 is 4.74 Å². The average Bonchev–Trinajstić information content (AvgIpc) is 2.63.